The maximum Gasteiger partial charge on any atom is 0.269 e. The van der Waals surface area contributed by atoms with E-state index in [-0.39, 0.29) is 12.5 Å². The standard InChI is InChI=1S/C16H15NO3S/c1-11-5-6-13(10-12(11)4-3-8-18)17-16(19)15-14(20-2)7-9-21-15/h5-7,9-10,18H,8H2,1-2H3,(H,17,19). The van der Waals surface area contributed by atoms with Crippen molar-refractivity contribution < 1.29 is 14.6 Å². The number of hydrogen-bond acceptors (Lipinski definition) is 4. The molecule has 108 valence electrons. The van der Waals surface area contributed by atoms with Crippen LogP contribution in [0.4, 0.5) is 5.69 Å². The lowest BCUT2D eigenvalue weighted by Crippen LogP contribution is -2.11. The molecule has 1 amide bonds. The van der Waals surface area contributed by atoms with E-state index >= 15 is 0 Å². The first-order chi connectivity index (χ1) is 10.2. The highest BCUT2D eigenvalue weighted by molar-refractivity contribution is 7.12. The number of nitrogens with one attached hydrogen (secondary N) is 1. The van der Waals surface area contributed by atoms with Gasteiger partial charge in [0.2, 0.25) is 0 Å². The highest BCUT2D eigenvalue weighted by Crippen LogP contribution is 2.25. The Morgan fingerprint density at radius 2 is 2.24 bits per heavy atom. The van der Waals surface area contributed by atoms with Crippen LogP contribution in [0.25, 0.3) is 0 Å². The fourth-order valence-corrected chi connectivity index (χ4v) is 2.53. The first kappa shape index (κ1) is 15.1. The van der Waals surface area contributed by atoms with Crippen LogP contribution in [0, 0.1) is 18.8 Å². The summed E-state index contributed by atoms with van der Waals surface area (Å²) in [5.41, 5.74) is 2.42. The monoisotopic (exact) mass is 301 g/mol. The number of ether oxygens (including phenoxy) is 1. The quantitative estimate of drug-likeness (QED) is 0.857. The predicted molar refractivity (Wildman–Crippen MR) is 84.0 cm³/mol. The molecule has 0 atom stereocenters. The van der Waals surface area contributed by atoms with Crippen molar-refractivity contribution in [2.45, 2.75) is 6.92 Å². The van der Waals surface area contributed by atoms with Gasteiger partial charge in [0, 0.05) is 11.3 Å². The van der Waals surface area contributed by atoms with Gasteiger partial charge in [0.05, 0.1) is 7.11 Å². The third kappa shape index (κ3) is 3.63. The van der Waals surface area contributed by atoms with Crippen LogP contribution in [0.2, 0.25) is 0 Å². The van der Waals surface area contributed by atoms with Crippen molar-refractivity contribution in [3.63, 3.8) is 0 Å². The minimum absolute atomic E-state index is 0.192. The van der Waals surface area contributed by atoms with Crippen LogP contribution < -0.4 is 10.1 Å². The van der Waals surface area contributed by atoms with Crippen molar-refractivity contribution in [2.75, 3.05) is 19.0 Å². The molecule has 0 aliphatic rings. The fraction of sp³-hybridized carbons (Fsp3) is 0.188. The topological polar surface area (TPSA) is 58.6 Å². The van der Waals surface area contributed by atoms with Crippen LogP contribution in [0.1, 0.15) is 20.8 Å². The van der Waals surface area contributed by atoms with Crippen LogP contribution in [0.5, 0.6) is 5.75 Å². The molecule has 0 unspecified atom stereocenters. The molecule has 2 rings (SSSR count). The second-order valence-electron chi connectivity index (χ2n) is 4.26. The van der Waals surface area contributed by atoms with E-state index in [2.05, 4.69) is 17.2 Å². The number of aliphatic hydroxyl groups excluding tert-OH is 1. The number of aryl methyl sites for hydroxylation is 1. The van der Waals surface area contributed by atoms with Crippen LogP contribution in [-0.2, 0) is 0 Å². The Morgan fingerprint density at radius 1 is 1.43 bits per heavy atom. The lowest BCUT2D eigenvalue weighted by Gasteiger charge is -2.07. The molecule has 0 spiro atoms. The van der Waals surface area contributed by atoms with E-state index < -0.39 is 0 Å². The summed E-state index contributed by atoms with van der Waals surface area (Å²) in [5.74, 6) is 5.81. The SMILES string of the molecule is COc1ccsc1C(=O)Nc1ccc(C)c(C#CCO)c1. The van der Waals surface area contributed by atoms with Crippen molar-refractivity contribution in [2.24, 2.45) is 0 Å². The minimum atomic E-state index is -0.216. The molecule has 2 aromatic rings. The highest BCUT2D eigenvalue weighted by Gasteiger charge is 2.14. The number of anilines is 1. The molecule has 0 aliphatic carbocycles. The van der Waals surface area contributed by atoms with Gasteiger partial charge in [-0.05, 0) is 36.1 Å². The maximum atomic E-state index is 12.2. The number of amides is 1. The van der Waals surface area contributed by atoms with Crippen LogP contribution in [-0.4, -0.2) is 24.7 Å². The summed E-state index contributed by atoms with van der Waals surface area (Å²) in [6, 6.07) is 7.24. The Labute approximate surface area is 127 Å². The summed E-state index contributed by atoms with van der Waals surface area (Å²) in [7, 11) is 1.54. The summed E-state index contributed by atoms with van der Waals surface area (Å²) >= 11 is 1.32. The molecule has 0 saturated heterocycles. The molecule has 21 heavy (non-hydrogen) atoms. The number of carbonyl (C=O) groups is 1. The van der Waals surface area contributed by atoms with Gasteiger partial charge in [-0.25, -0.2) is 0 Å². The highest BCUT2D eigenvalue weighted by atomic mass is 32.1. The van der Waals surface area contributed by atoms with Gasteiger partial charge >= 0.3 is 0 Å². The molecular weight excluding hydrogens is 286 g/mol. The Morgan fingerprint density at radius 3 is 2.95 bits per heavy atom. The van der Waals surface area contributed by atoms with Gasteiger partial charge in [0.25, 0.3) is 5.91 Å². The molecule has 1 aromatic carbocycles. The lowest BCUT2D eigenvalue weighted by atomic mass is 10.1. The van der Waals surface area contributed by atoms with Gasteiger partial charge in [-0.2, -0.15) is 0 Å². The van der Waals surface area contributed by atoms with E-state index in [0.717, 1.165) is 11.1 Å². The summed E-state index contributed by atoms with van der Waals surface area (Å²) in [4.78, 5) is 12.7. The molecule has 2 N–H and O–H groups in total. The van der Waals surface area contributed by atoms with E-state index in [1.165, 1.54) is 18.4 Å². The average molecular weight is 301 g/mol. The molecule has 0 radical (unpaired) electrons. The molecule has 4 nitrogen and oxygen atoms in total. The molecule has 0 aliphatic heterocycles. The van der Waals surface area contributed by atoms with Gasteiger partial charge < -0.3 is 15.2 Å². The Balaban J connectivity index is 2.22. The average Bonchev–Trinajstić information content (AvgIpc) is 2.96. The Bertz CT molecular complexity index is 710. The van der Waals surface area contributed by atoms with E-state index in [9.17, 15) is 4.79 Å². The molecule has 0 saturated carbocycles. The zero-order valence-corrected chi connectivity index (χ0v) is 12.6. The molecule has 0 bridgehead atoms. The summed E-state index contributed by atoms with van der Waals surface area (Å²) in [5, 5.41) is 13.4. The Kier molecular flexibility index (Phi) is 4.99. The zero-order valence-electron chi connectivity index (χ0n) is 11.8. The van der Waals surface area contributed by atoms with Gasteiger partial charge in [-0.1, -0.05) is 17.9 Å². The van der Waals surface area contributed by atoms with E-state index in [4.69, 9.17) is 9.84 Å². The van der Waals surface area contributed by atoms with Crippen molar-refractivity contribution in [1.29, 1.82) is 0 Å². The van der Waals surface area contributed by atoms with Gasteiger partial charge in [0.1, 0.15) is 17.2 Å². The number of rotatable bonds is 3. The van der Waals surface area contributed by atoms with Crippen LogP contribution in [0.3, 0.4) is 0 Å². The molecule has 1 aromatic heterocycles. The van der Waals surface area contributed by atoms with Crippen LogP contribution >= 0.6 is 11.3 Å². The van der Waals surface area contributed by atoms with Crippen molar-refractivity contribution in [3.8, 4) is 17.6 Å². The Hall–Kier alpha value is -2.29. The maximum absolute atomic E-state index is 12.2. The van der Waals surface area contributed by atoms with Gasteiger partial charge in [0.15, 0.2) is 0 Å². The third-order valence-corrected chi connectivity index (χ3v) is 3.75. The summed E-state index contributed by atoms with van der Waals surface area (Å²) < 4.78 is 5.14. The number of aliphatic hydroxyl groups is 1. The molecule has 1 heterocycles. The van der Waals surface area contributed by atoms with E-state index in [0.29, 0.717) is 16.3 Å². The van der Waals surface area contributed by atoms with E-state index in [1.807, 2.05) is 19.1 Å². The second-order valence-corrected chi connectivity index (χ2v) is 5.18. The van der Waals surface area contributed by atoms with E-state index in [1.54, 1.807) is 17.5 Å². The van der Waals surface area contributed by atoms with Crippen molar-refractivity contribution in [3.05, 3.63) is 45.6 Å². The third-order valence-electron chi connectivity index (χ3n) is 2.85. The number of thiophene rings is 1. The second kappa shape index (κ2) is 6.93. The summed E-state index contributed by atoms with van der Waals surface area (Å²) in [6.07, 6.45) is 0. The smallest absolute Gasteiger partial charge is 0.269 e. The fourth-order valence-electron chi connectivity index (χ4n) is 1.78. The largest absolute Gasteiger partial charge is 0.495 e. The number of methoxy groups -OCH3 is 1. The first-order valence-electron chi connectivity index (χ1n) is 6.29. The van der Waals surface area contributed by atoms with Crippen molar-refractivity contribution in [1.82, 2.24) is 0 Å². The normalized spacial score (nSPS) is 9.67. The van der Waals surface area contributed by atoms with Crippen molar-refractivity contribution >= 4 is 22.9 Å². The zero-order chi connectivity index (χ0) is 15.2. The van der Waals surface area contributed by atoms with Crippen LogP contribution in [0.15, 0.2) is 29.6 Å². The predicted octanol–water partition coefficient (Wildman–Crippen LogP) is 2.66. The molecule has 0 fully saturated rings. The molecule has 5 heteroatoms. The summed E-state index contributed by atoms with van der Waals surface area (Å²) in [6.45, 7) is 1.73. The van der Waals surface area contributed by atoms with Gasteiger partial charge in [-0.3, -0.25) is 4.79 Å². The number of carbonyl (C=O) groups excluding carboxylic acids is 1. The molecular formula is C16H15NO3S. The van der Waals surface area contributed by atoms with Gasteiger partial charge in [-0.15, -0.1) is 11.3 Å². The first-order valence-corrected chi connectivity index (χ1v) is 7.17. The number of benzene rings is 1. The minimum Gasteiger partial charge on any atom is -0.495 e. The number of hydrogen-bond donors (Lipinski definition) is 2. The lowest BCUT2D eigenvalue weighted by molar-refractivity contribution is 0.102.